The van der Waals surface area contributed by atoms with Crippen molar-refractivity contribution in [2.45, 2.75) is 0 Å². The Morgan fingerprint density at radius 1 is 1.16 bits per heavy atom. The van der Waals surface area contributed by atoms with Crippen molar-refractivity contribution in [2.75, 3.05) is 14.2 Å². The van der Waals surface area contributed by atoms with E-state index in [-0.39, 0.29) is 5.69 Å². The fourth-order valence-corrected chi connectivity index (χ4v) is 2.31. The largest absolute Gasteiger partial charge is 0.497 e. The fraction of sp³-hybridized carbons (Fsp3) is 0.154. The number of nitrogens with zero attached hydrogens (tertiary/aromatic N) is 1. The Kier molecular flexibility index (Phi) is 3.98. The van der Waals surface area contributed by atoms with Crippen LogP contribution in [0.5, 0.6) is 11.5 Å². The summed E-state index contributed by atoms with van der Waals surface area (Å²) < 4.78 is 12.8. The molecule has 5 nitrogen and oxygen atoms in total. The van der Waals surface area contributed by atoms with E-state index in [1.807, 2.05) is 0 Å². The molecule has 0 amide bonds. The Morgan fingerprint density at radius 2 is 1.74 bits per heavy atom. The number of halogens is 1. The zero-order chi connectivity index (χ0) is 14.0. The van der Waals surface area contributed by atoms with Gasteiger partial charge >= 0.3 is 5.97 Å². The Bertz CT molecular complexity index is 599. The van der Waals surface area contributed by atoms with E-state index in [4.69, 9.17) is 9.47 Å². The highest BCUT2D eigenvalue weighted by Gasteiger charge is 2.14. The second-order valence-electron chi connectivity index (χ2n) is 3.79. The lowest BCUT2D eigenvalue weighted by Gasteiger charge is -2.10. The van der Waals surface area contributed by atoms with Gasteiger partial charge in [0.2, 0.25) is 0 Å². The van der Waals surface area contributed by atoms with E-state index in [1.165, 1.54) is 0 Å². The molecule has 0 saturated heterocycles. The average molecular weight is 373 g/mol. The minimum atomic E-state index is -0.982. The molecule has 2 rings (SSSR count). The highest BCUT2D eigenvalue weighted by Crippen LogP contribution is 2.27. The van der Waals surface area contributed by atoms with E-state index >= 15 is 0 Å². The molecule has 0 aliphatic carbocycles. The van der Waals surface area contributed by atoms with E-state index in [0.29, 0.717) is 17.2 Å². The first kappa shape index (κ1) is 13.7. The van der Waals surface area contributed by atoms with Crippen LogP contribution < -0.4 is 9.47 Å². The number of carboxylic acid groups (broad SMARTS) is 1. The zero-order valence-corrected chi connectivity index (χ0v) is 12.5. The molecule has 0 radical (unpaired) electrons. The summed E-state index contributed by atoms with van der Waals surface area (Å²) in [5.41, 5.74) is 0.872. The number of carbonyl (C=O) groups is 1. The van der Waals surface area contributed by atoms with Crippen LogP contribution in [0.3, 0.4) is 0 Å². The van der Waals surface area contributed by atoms with Gasteiger partial charge in [-0.1, -0.05) is 0 Å². The maximum absolute atomic E-state index is 11.2. The van der Waals surface area contributed by atoms with Gasteiger partial charge in [-0.25, -0.2) is 4.79 Å². The smallest absolute Gasteiger partial charge is 0.352 e. The minimum Gasteiger partial charge on any atom is -0.497 e. The third kappa shape index (κ3) is 2.83. The number of aromatic carboxylic acids is 1. The van der Waals surface area contributed by atoms with Crippen molar-refractivity contribution < 1.29 is 19.4 Å². The van der Waals surface area contributed by atoms with Crippen LogP contribution in [0.15, 0.2) is 30.5 Å². The molecule has 2 aromatic rings. The molecule has 0 atom stereocenters. The molecule has 100 valence electrons. The number of rotatable bonds is 4. The Labute approximate surface area is 123 Å². The lowest BCUT2D eigenvalue weighted by atomic mass is 10.2. The van der Waals surface area contributed by atoms with Crippen LogP contribution >= 0.6 is 22.6 Å². The molecule has 0 spiro atoms. The van der Waals surface area contributed by atoms with Gasteiger partial charge in [0.1, 0.15) is 17.2 Å². The molecule has 1 N–H and O–H groups in total. The van der Waals surface area contributed by atoms with Crippen molar-refractivity contribution in [1.82, 2.24) is 4.57 Å². The van der Waals surface area contributed by atoms with E-state index in [0.717, 1.165) is 3.57 Å². The molecule has 0 aliphatic heterocycles. The van der Waals surface area contributed by atoms with Crippen LogP contribution in [-0.2, 0) is 0 Å². The number of benzene rings is 1. The van der Waals surface area contributed by atoms with Crippen LogP contribution in [-0.4, -0.2) is 29.9 Å². The van der Waals surface area contributed by atoms with Crippen molar-refractivity contribution >= 4 is 28.6 Å². The zero-order valence-electron chi connectivity index (χ0n) is 10.4. The van der Waals surface area contributed by atoms with Gasteiger partial charge in [-0.3, -0.25) is 0 Å². The van der Waals surface area contributed by atoms with Crippen LogP contribution in [0.25, 0.3) is 5.69 Å². The van der Waals surface area contributed by atoms with E-state index in [2.05, 4.69) is 22.6 Å². The summed E-state index contributed by atoms with van der Waals surface area (Å²) in [6, 6.07) is 6.85. The summed E-state index contributed by atoms with van der Waals surface area (Å²) in [7, 11) is 3.10. The van der Waals surface area contributed by atoms with Crippen molar-refractivity contribution in [3.05, 3.63) is 39.7 Å². The lowest BCUT2D eigenvalue weighted by molar-refractivity contribution is 0.0688. The molecule has 0 fully saturated rings. The van der Waals surface area contributed by atoms with Gasteiger partial charge in [0, 0.05) is 28.0 Å². The van der Waals surface area contributed by atoms with Crippen molar-refractivity contribution in [2.24, 2.45) is 0 Å². The lowest BCUT2D eigenvalue weighted by Crippen LogP contribution is -2.06. The van der Waals surface area contributed by atoms with Gasteiger partial charge in [0.25, 0.3) is 0 Å². The van der Waals surface area contributed by atoms with Crippen LogP contribution in [0, 0.1) is 3.57 Å². The monoisotopic (exact) mass is 373 g/mol. The molecular weight excluding hydrogens is 361 g/mol. The molecule has 1 heterocycles. The summed E-state index contributed by atoms with van der Waals surface area (Å²) in [6.07, 6.45) is 1.75. The molecule has 0 aliphatic rings. The van der Waals surface area contributed by atoms with Gasteiger partial charge in [0.05, 0.1) is 19.9 Å². The summed E-state index contributed by atoms with van der Waals surface area (Å²) in [5.74, 6) is 0.230. The predicted molar refractivity (Wildman–Crippen MR) is 78.5 cm³/mol. The van der Waals surface area contributed by atoms with Crippen LogP contribution in [0.4, 0.5) is 0 Å². The SMILES string of the molecule is COc1cc(OC)cc(-n2cc(I)cc2C(=O)O)c1. The first-order valence-electron chi connectivity index (χ1n) is 5.39. The van der Waals surface area contributed by atoms with Crippen molar-refractivity contribution in [3.63, 3.8) is 0 Å². The first-order valence-corrected chi connectivity index (χ1v) is 6.47. The van der Waals surface area contributed by atoms with E-state index < -0.39 is 5.97 Å². The standard InChI is InChI=1S/C13H12INO4/c1-18-10-4-9(5-11(6-10)19-2)15-7-8(14)3-12(15)13(16)17/h3-7H,1-2H3,(H,16,17). The maximum Gasteiger partial charge on any atom is 0.352 e. The quantitative estimate of drug-likeness (QED) is 0.838. The Hall–Kier alpha value is -1.70. The highest BCUT2D eigenvalue weighted by atomic mass is 127. The van der Waals surface area contributed by atoms with E-state index in [1.54, 1.807) is 49.2 Å². The molecule has 1 aromatic carbocycles. The number of hydrogen-bond donors (Lipinski definition) is 1. The summed E-state index contributed by atoms with van der Waals surface area (Å²) in [6.45, 7) is 0. The maximum atomic E-state index is 11.2. The van der Waals surface area contributed by atoms with Gasteiger partial charge in [-0.15, -0.1) is 0 Å². The normalized spacial score (nSPS) is 10.3. The van der Waals surface area contributed by atoms with Crippen molar-refractivity contribution in [3.8, 4) is 17.2 Å². The number of hydrogen-bond acceptors (Lipinski definition) is 3. The van der Waals surface area contributed by atoms with Gasteiger partial charge < -0.3 is 19.1 Å². The third-order valence-electron chi connectivity index (χ3n) is 2.62. The topological polar surface area (TPSA) is 60.7 Å². The van der Waals surface area contributed by atoms with Crippen molar-refractivity contribution in [1.29, 1.82) is 0 Å². The second kappa shape index (κ2) is 5.52. The highest BCUT2D eigenvalue weighted by molar-refractivity contribution is 14.1. The summed E-state index contributed by atoms with van der Waals surface area (Å²) >= 11 is 2.08. The van der Waals surface area contributed by atoms with Crippen LogP contribution in [0.2, 0.25) is 0 Å². The molecule has 0 saturated carbocycles. The third-order valence-corrected chi connectivity index (χ3v) is 3.21. The molecule has 1 aromatic heterocycles. The molecule has 6 heteroatoms. The number of aromatic nitrogens is 1. The Balaban J connectivity index is 2.60. The van der Waals surface area contributed by atoms with Crippen LogP contribution in [0.1, 0.15) is 10.5 Å². The number of methoxy groups -OCH3 is 2. The second-order valence-corrected chi connectivity index (χ2v) is 5.04. The fourth-order valence-electron chi connectivity index (χ4n) is 1.74. The van der Waals surface area contributed by atoms with Gasteiger partial charge in [-0.2, -0.15) is 0 Å². The molecule has 19 heavy (non-hydrogen) atoms. The molecule has 0 unspecified atom stereocenters. The molecular formula is C13H12INO4. The Morgan fingerprint density at radius 3 is 2.21 bits per heavy atom. The molecule has 0 bridgehead atoms. The predicted octanol–water partition coefficient (Wildman–Crippen LogP) is 2.80. The van der Waals surface area contributed by atoms with Gasteiger partial charge in [0.15, 0.2) is 0 Å². The first-order chi connectivity index (χ1) is 9.05. The van der Waals surface area contributed by atoms with E-state index in [9.17, 15) is 9.90 Å². The van der Waals surface area contributed by atoms with Gasteiger partial charge in [-0.05, 0) is 28.7 Å². The average Bonchev–Trinajstić information content (AvgIpc) is 2.80. The number of carboxylic acids is 1. The number of ether oxygens (including phenoxy) is 2. The summed E-state index contributed by atoms with van der Waals surface area (Å²) in [4.78, 5) is 11.2. The summed E-state index contributed by atoms with van der Waals surface area (Å²) in [5, 5.41) is 9.21. The minimum absolute atomic E-state index is 0.194.